The van der Waals surface area contributed by atoms with Gasteiger partial charge in [-0.3, -0.25) is 9.80 Å². The topological polar surface area (TPSA) is 97.2 Å². The molecule has 0 atom stereocenters. The number of hydrogen-bond acceptors (Lipinski definition) is 7. The van der Waals surface area contributed by atoms with E-state index >= 15 is 0 Å². The van der Waals surface area contributed by atoms with E-state index in [9.17, 15) is 4.79 Å². The third kappa shape index (κ3) is 5.55. The molecule has 0 unspecified atom stereocenters. The maximum Gasteiger partial charge on any atom is 0.201 e. The van der Waals surface area contributed by atoms with E-state index in [0.717, 1.165) is 30.5 Å². The van der Waals surface area contributed by atoms with E-state index in [1.807, 2.05) is 24.3 Å². The highest BCUT2D eigenvalue weighted by Gasteiger charge is 2.17. The first-order valence-corrected chi connectivity index (χ1v) is 10.6. The number of carbonyl (C=O) groups is 1. The van der Waals surface area contributed by atoms with Crippen molar-refractivity contribution in [2.24, 2.45) is 16.8 Å². The summed E-state index contributed by atoms with van der Waals surface area (Å²) < 4.78 is 5.36. The van der Waals surface area contributed by atoms with Crippen LogP contribution in [0, 0.1) is 0 Å². The quantitative estimate of drug-likeness (QED) is 0.235. The summed E-state index contributed by atoms with van der Waals surface area (Å²) in [4.78, 5) is 14.8. The van der Waals surface area contributed by atoms with Crippen LogP contribution in [0.25, 0.3) is 0 Å². The maximum atomic E-state index is 12.6. The largest absolute Gasteiger partial charge is 0.378 e. The van der Waals surface area contributed by atoms with Crippen molar-refractivity contribution in [3.63, 3.8) is 0 Å². The van der Waals surface area contributed by atoms with Gasteiger partial charge in [-0.2, -0.15) is 5.10 Å². The maximum absolute atomic E-state index is 12.6. The number of nitrogens with two attached hydrogens (primary N) is 2. The summed E-state index contributed by atoms with van der Waals surface area (Å²) in [5.41, 5.74) is 2.17. The third-order valence-corrected chi connectivity index (χ3v) is 5.89. The van der Waals surface area contributed by atoms with Gasteiger partial charge in [0.15, 0.2) is 5.78 Å². The van der Waals surface area contributed by atoms with Crippen LogP contribution in [0.2, 0.25) is 10.0 Å². The predicted molar refractivity (Wildman–Crippen MR) is 121 cm³/mol. The first-order chi connectivity index (χ1) is 14.0. The number of ether oxygens (including phenoxy) is 1. The standard InChI is InChI=1S/C19H21Cl2N5O2S/c20-14-3-6-17(16(21)11-14)26(23)19(24-22)29-12-18(27)13-1-4-15(5-2-13)25-7-9-28-10-8-25/h1-6,11H,7-10,12,22-23H2/b24-19+. The highest BCUT2D eigenvalue weighted by Crippen LogP contribution is 2.29. The van der Waals surface area contributed by atoms with E-state index in [0.29, 0.717) is 34.5 Å². The van der Waals surface area contributed by atoms with E-state index in [4.69, 9.17) is 39.6 Å². The van der Waals surface area contributed by atoms with E-state index in [1.165, 1.54) is 5.01 Å². The van der Waals surface area contributed by atoms with E-state index < -0.39 is 0 Å². The number of benzene rings is 2. The molecule has 3 rings (SSSR count). The first-order valence-electron chi connectivity index (χ1n) is 8.86. The second-order valence-electron chi connectivity index (χ2n) is 6.24. The molecule has 0 aliphatic carbocycles. The van der Waals surface area contributed by atoms with Crippen molar-refractivity contribution < 1.29 is 9.53 Å². The number of amidine groups is 1. The highest BCUT2D eigenvalue weighted by molar-refractivity contribution is 8.14. The van der Waals surface area contributed by atoms with Crippen molar-refractivity contribution in [2.75, 3.05) is 42.0 Å². The van der Waals surface area contributed by atoms with Gasteiger partial charge >= 0.3 is 0 Å². The fourth-order valence-corrected chi connectivity index (χ4v) is 4.08. The van der Waals surface area contributed by atoms with Gasteiger partial charge < -0.3 is 15.5 Å². The molecule has 0 amide bonds. The highest BCUT2D eigenvalue weighted by atomic mass is 35.5. The number of hydrazone groups is 1. The van der Waals surface area contributed by atoms with Crippen LogP contribution in [0.1, 0.15) is 10.4 Å². The molecule has 10 heteroatoms. The van der Waals surface area contributed by atoms with Crippen LogP contribution in [-0.4, -0.2) is 43.0 Å². The number of nitrogens with zero attached hydrogens (tertiary/aromatic N) is 3. The normalized spacial score (nSPS) is 14.7. The Morgan fingerprint density at radius 3 is 2.48 bits per heavy atom. The number of hydrazine groups is 1. The van der Waals surface area contributed by atoms with Crippen molar-refractivity contribution in [3.8, 4) is 0 Å². The third-order valence-electron chi connectivity index (χ3n) is 4.38. The lowest BCUT2D eigenvalue weighted by atomic mass is 10.1. The minimum absolute atomic E-state index is 0.0553. The van der Waals surface area contributed by atoms with Crippen molar-refractivity contribution in [1.82, 2.24) is 0 Å². The zero-order valence-electron chi connectivity index (χ0n) is 15.6. The van der Waals surface area contributed by atoms with Gasteiger partial charge in [-0.1, -0.05) is 35.0 Å². The number of carbonyl (C=O) groups excluding carboxylic acids is 1. The van der Waals surface area contributed by atoms with Crippen LogP contribution in [0.5, 0.6) is 0 Å². The van der Waals surface area contributed by atoms with Crippen LogP contribution >= 0.6 is 35.0 Å². The molecule has 2 aromatic carbocycles. The summed E-state index contributed by atoms with van der Waals surface area (Å²) in [6.45, 7) is 3.12. The fraction of sp³-hybridized carbons (Fsp3) is 0.263. The van der Waals surface area contributed by atoms with Crippen molar-refractivity contribution >= 4 is 57.3 Å². The second kappa shape index (κ2) is 10.2. The SMILES string of the molecule is N/N=C(/SCC(=O)c1ccc(N2CCOCC2)cc1)N(N)c1ccc(Cl)cc1Cl. The fourth-order valence-electron chi connectivity index (χ4n) is 2.84. The molecule has 1 aliphatic heterocycles. The lowest BCUT2D eigenvalue weighted by Gasteiger charge is -2.28. The molecule has 0 aromatic heterocycles. The van der Waals surface area contributed by atoms with Gasteiger partial charge in [-0.05, 0) is 42.5 Å². The zero-order chi connectivity index (χ0) is 20.8. The number of rotatable bonds is 5. The number of halogens is 2. The Balaban J connectivity index is 1.61. The van der Waals surface area contributed by atoms with Gasteiger partial charge in [0.1, 0.15) is 0 Å². The van der Waals surface area contributed by atoms with Gasteiger partial charge in [0.25, 0.3) is 0 Å². The number of morpholine rings is 1. The summed E-state index contributed by atoms with van der Waals surface area (Å²) in [7, 11) is 0. The lowest BCUT2D eigenvalue weighted by Crippen LogP contribution is -2.37. The summed E-state index contributed by atoms with van der Waals surface area (Å²) in [5.74, 6) is 11.6. The summed E-state index contributed by atoms with van der Waals surface area (Å²) >= 11 is 13.2. The Labute approximate surface area is 183 Å². The van der Waals surface area contributed by atoms with Gasteiger partial charge in [0, 0.05) is 29.4 Å². The Kier molecular flexibility index (Phi) is 7.63. The molecule has 29 heavy (non-hydrogen) atoms. The molecular formula is C19H21Cl2N5O2S. The van der Waals surface area contributed by atoms with E-state index in [1.54, 1.807) is 18.2 Å². The molecule has 2 aromatic rings. The summed E-state index contributed by atoms with van der Waals surface area (Å²) in [6.07, 6.45) is 0. The summed E-state index contributed by atoms with van der Waals surface area (Å²) in [6, 6.07) is 12.4. The minimum Gasteiger partial charge on any atom is -0.378 e. The lowest BCUT2D eigenvalue weighted by molar-refractivity contribution is 0.102. The molecule has 7 nitrogen and oxygen atoms in total. The Bertz CT molecular complexity index is 889. The van der Waals surface area contributed by atoms with Crippen LogP contribution in [-0.2, 0) is 4.74 Å². The van der Waals surface area contributed by atoms with Crippen molar-refractivity contribution in [1.29, 1.82) is 0 Å². The van der Waals surface area contributed by atoms with Crippen molar-refractivity contribution in [3.05, 3.63) is 58.1 Å². The molecule has 4 N–H and O–H groups in total. The molecule has 1 fully saturated rings. The van der Waals surface area contributed by atoms with E-state index in [2.05, 4.69) is 10.0 Å². The minimum atomic E-state index is -0.0553. The van der Waals surface area contributed by atoms with E-state index in [-0.39, 0.29) is 16.7 Å². The Morgan fingerprint density at radius 1 is 1.17 bits per heavy atom. The summed E-state index contributed by atoms with van der Waals surface area (Å²) in [5, 5.41) is 6.02. The Morgan fingerprint density at radius 2 is 1.86 bits per heavy atom. The zero-order valence-corrected chi connectivity index (χ0v) is 17.9. The number of thioether (sulfide) groups is 1. The molecule has 1 aliphatic rings. The Hall–Kier alpha value is -1.97. The average Bonchev–Trinajstić information content (AvgIpc) is 2.74. The molecule has 0 radical (unpaired) electrons. The van der Waals surface area contributed by atoms with Gasteiger partial charge in [0.2, 0.25) is 5.17 Å². The van der Waals surface area contributed by atoms with Crippen LogP contribution in [0.4, 0.5) is 11.4 Å². The molecule has 1 heterocycles. The molecule has 0 bridgehead atoms. The smallest absolute Gasteiger partial charge is 0.201 e. The molecule has 154 valence electrons. The monoisotopic (exact) mass is 453 g/mol. The number of hydrogen-bond donors (Lipinski definition) is 2. The number of ketones is 1. The first kappa shape index (κ1) is 21.7. The number of anilines is 2. The molecule has 0 saturated carbocycles. The molecule has 0 spiro atoms. The predicted octanol–water partition coefficient (Wildman–Crippen LogP) is 3.36. The molecular weight excluding hydrogens is 433 g/mol. The number of Topliss-reactive ketones (excluding diaryl/α,β-unsaturated/α-hetero) is 1. The van der Waals surface area contributed by atoms with Crippen LogP contribution in [0.15, 0.2) is 47.6 Å². The molecule has 1 saturated heterocycles. The van der Waals surface area contributed by atoms with Crippen molar-refractivity contribution in [2.45, 2.75) is 0 Å². The van der Waals surface area contributed by atoms with Gasteiger partial charge in [-0.25, -0.2) is 5.84 Å². The van der Waals surface area contributed by atoms with Crippen LogP contribution < -0.4 is 21.6 Å². The van der Waals surface area contributed by atoms with Gasteiger partial charge in [-0.15, -0.1) is 0 Å². The van der Waals surface area contributed by atoms with Crippen LogP contribution in [0.3, 0.4) is 0 Å². The average molecular weight is 454 g/mol. The van der Waals surface area contributed by atoms with Gasteiger partial charge in [0.05, 0.1) is 29.7 Å². The second-order valence-corrected chi connectivity index (χ2v) is 8.02.